The van der Waals surface area contributed by atoms with Gasteiger partial charge in [0, 0.05) is 5.02 Å². The molecule has 0 saturated heterocycles. The van der Waals surface area contributed by atoms with Crippen molar-refractivity contribution in [1.29, 1.82) is 0 Å². The third-order valence-electron chi connectivity index (χ3n) is 2.11. The molecule has 1 rings (SSSR count). The number of methoxy groups -OCH3 is 1. The fourth-order valence-corrected chi connectivity index (χ4v) is 1.80. The Labute approximate surface area is 97.7 Å². The van der Waals surface area contributed by atoms with E-state index in [1.165, 1.54) is 0 Å². The molecule has 1 aromatic rings. The zero-order valence-electron chi connectivity index (χ0n) is 8.45. The molecule has 0 heterocycles. The lowest BCUT2D eigenvalue weighted by molar-refractivity contribution is 0.416. The Morgan fingerprint density at radius 3 is 2.64 bits per heavy atom. The van der Waals surface area contributed by atoms with Crippen LogP contribution in [-0.2, 0) is 0 Å². The molecule has 78 valence electrons. The van der Waals surface area contributed by atoms with Crippen LogP contribution in [0.25, 0.3) is 0 Å². The van der Waals surface area contributed by atoms with Crippen LogP contribution in [0.1, 0.15) is 11.1 Å². The minimum absolute atomic E-state index is 0.670. The van der Waals surface area contributed by atoms with Gasteiger partial charge in [-0.2, -0.15) is 0 Å². The first-order valence-corrected chi connectivity index (χ1v) is 5.75. The number of rotatable bonds is 3. The van der Waals surface area contributed by atoms with E-state index in [1.807, 2.05) is 19.9 Å². The maximum atomic E-state index is 6.14. The number of halogens is 2. The number of benzene rings is 1. The molecule has 1 N–H and O–H groups in total. The van der Waals surface area contributed by atoms with E-state index in [-0.39, 0.29) is 0 Å². The van der Waals surface area contributed by atoms with Gasteiger partial charge in [0.25, 0.3) is 0 Å². The summed E-state index contributed by atoms with van der Waals surface area (Å²) < 4.78 is 5.27. The maximum absolute atomic E-state index is 6.14. The second-order valence-electron chi connectivity index (χ2n) is 3.02. The average molecular weight is 279 g/mol. The van der Waals surface area contributed by atoms with Crippen LogP contribution in [-0.4, -0.2) is 12.6 Å². The van der Waals surface area contributed by atoms with E-state index in [9.17, 15) is 0 Å². The summed E-state index contributed by atoms with van der Waals surface area (Å²) in [4.78, 5) is 0. The lowest BCUT2D eigenvalue weighted by Crippen LogP contribution is -2.01. The number of anilines is 1. The number of alkyl halides is 1. The van der Waals surface area contributed by atoms with Crippen LogP contribution in [0.15, 0.2) is 6.07 Å². The molecule has 0 atom stereocenters. The second kappa shape index (κ2) is 4.89. The first kappa shape index (κ1) is 11.7. The van der Waals surface area contributed by atoms with Gasteiger partial charge in [-0.1, -0.05) is 27.5 Å². The summed E-state index contributed by atoms with van der Waals surface area (Å²) in [7, 11) is 1.65. The van der Waals surface area contributed by atoms with Gasteiger partial charge in [0.05, 0.1) is 18.3 Å². The Hall–Kier alpha value is -0.410. The van der Waals surface area contributed by atoms with Crippen molar-refractivity contribution >= 4 is 33.2 Å². The fourth-order valence-electron chi connectivity index (χ4n) is 1.37. The minimum Gasteiger partial charge on any atom is -0.495 e. The van der Waals surface area contributed by atoms with Crippen molar-refractivity contribution in [3.8, 4) is 5.75 Å². The molecule has 0 aromatic heterocycles. The molecule has 0 aliphatic rings. The lowest BCUT2D eigenvalue weighted by Gasteiger charge is -2.15. The van der Waals surface area contributed by atoms with Crippen molar-refractivity contribution in [3.63, 3.8) is 0 Å². The van der Waals surface area contributed by atoms with Gasteiger partial charge >= 0.3 is 0 Å². The first-order chi connectivity index (χ1) is 6.61. The number of aryl methyl sites for hydroxylation is 1. The van der Waals surface area contributed by atoms with Crippen molar-refractivity contribution in [3.05, 3.63) is 22.2 Å². The Balaban J connectivity index is 3.29. The first-order valence-electron chi connectivity index (χ1n) is 4.25. The molecule has 0 amide bonds. The van der Waals surface area contributed by atoms with E-state index in [0.29, 0.717) is 5.45 Å². The highest BCUT2D eigenvalue weighted by Crippen LogP contribution is 2.35. The van der Waals surface area contributed by atoms with E-state index in [2.05, 4.69) is 21.2 Å². The molecule has 0 bridgehead atoms. The predicted molar refractivity (Wildman–Crippen MR) is 64.9 cm³/mol. The summed E-state index contributed by atoms with van der Waals surface area (Å²) in [6, 6.07) is 1.93. The summed E-state index contributed by atoms with van der Waals surface area (Å²) >= 11 is 9.45. The number of hydrogen-bond donors (Lipinski definition) is 1. The molecule has 0 fully saturated rings. The van der Waals surface area contributed by atoms with Gasteiger partial charge in [-0.15, -0.1) is 0 Å². The highest BCUT2D eigenvalue weighted by Gasteiger charge is 2.11. The molecule has 2 nitrogen and oxygen atoms in total. The topological polar surface area (TPSA) is 21.3 Å². The largest absolute Gasteiger partial charge is 0.495 e. The van der Waals surface area contributed by atoms with Crippen molar-refractivity contribution in [2.45, 2.75) is 13.8 Å². The van der Waals surface area contributed by atoms with Gasteiger partial charge < -0.3 is 10.1 Å². The standard InChI is InChI=1S/C10H13BrClNO/c1-6-4-8(14-3)10(13-5-11)7(2)9(6)12/h4,13H,5H2,1-3H3. The summed E-state index contributed by atoms with van der Waals surface area (Å²) in [6.07, 6.45) is 0. The van der Waals surface area contributed by atoms with Crippen LogP contribution in [0.5, 0.6) is 5.75 Å². The quantitative estimate of drug-likeness (QED) is 0.672. The van der Waals surface area contributed by atoms with Gasteiger partial charge in [0.2, 0.25) is 0 Å². The molecule has 0 unspecified atom stereocenters. The molecule has 0 aliphatic heterocycles. The Morgan fingerprint density at radius 2 is 2.14 bits per heavy atom. The van der Waals surface area contributed by atoms with Gasteiger partial charge in [0.1, 0.15) is 5.75 Å². The van der Waals surface area contributed by atoms with Crippen LogP contribution in [0.2, 0.25) is 5.02 Å². The SMILES string of the molecule is COc1cc(C)c(Cl)c(C)c1NCBr. The molecule has 1 aromatic carbocycles. The number of nitrogens with one attached hydrogen (secondary N) is 1. The fraction of sp³-hybridized carbons (Fsp3) is 0.400. The Morgan fingerprint density at radius 1 is 1.50 bits per heavy atom. The number of hydrogen-bond acceptors (Lipinski definition) is 2. The molecular weight excluding hydrogens is 265 g/mol. The predicted octanol–water partition coefficient (Wildman–Crippen LogP) is 3.73. The van der Waals surface area contributed by atoms with E-state index in [1.54, 1.807) is 7.11 Å². The van der Waals surface area contributed by atoms with Gasteiger partial charge in [-0.25, -0.2) is 0 Å². The second-order valence-corrected chi connectivity index (χ2v) is 3.96. The Kier molecular flexibility index (Phi) is 4.08. The minimum atomic E-state index is 0.670. The molecule has 0 radical (unpaired) electrons. The average Bonchev–Trinajstić information content (AvgIpc) is 2.19. The smallest absolute Gasteiger partial charge is 0.142 e. The van der Waals surface area contributed by atoms with E-state index in [4.69, 9.17) is 16.3 Å². The van der Waals surface area contributed by atoms with Crippen molar-refractivity contribution in [2.75, 3.05) is 17.9 Å². The molecule has 0 spiro atoms. The molecule has 0 aliphatic carbocycles. The van der Waals surface area contributed by atoms with E-state index < -0.39 is 0 Å². The van der Waals surface area contributed by atoms with E-state index >= 15 is 0 Å². The zero-order valence-corrected chi connectivity index (χ0v) is 10.8. The monoisotopic (exact) mass is 277 g/mol. The van der Waals surface area contributed by atoms with Crippen LogP contribution in [0.3, 0.4) is 0 Å². The number of ether oxygens (including phenoxy) is 1. The van der Waals surface area contributed by atoms with Crippen LogP contribution < -0.4 is 10.1 Å². The van der Waals surface area contributed by atoms with Crippen LogP contribution in [0, 0.1) is 13.8 Å². The van der Waals surface area contributed by atoms with Crippen LogP contribution in [0.4, 0.5) is 5.69 Å². The summed E-state index contributed by atoms with van der Waals surface area (Å²) in [5.74, 6) is 0.823. The molecule has 4 heteroatoms. The molecule has 14 heavy (non-hydrogen) atoms. The molecular formula is C10H13BrClNO. The van der Waals surface area contributed by atoms with Gasteiger partial charge in [0.15, 0.2) is 0 Å². The van der Waals surface area contributed by atoms with Crippen molar-refractivity contribution < 1.29 is 4.74 Å². The Bertz CT molecular complexity index is 341. The summed E-state index contributed by atoms with van der Waals surface area (Å²) in [5, 5.41) is 3.96. The lowest BCUT2D eigenvalue weighted by atomic mass is 10.1. The zero-order chi connectivity index (χ0) is 10.7. The van der Waals surface area contributed by atoms with Gasteiger partial charge in [-0.3, -0.25) is 0 Å². The summed E-state index contributed by atoms with van der Waals surface area (Å²) in [6.45, 7) is 3.94. The highest BCUT2D eigenvalue weighted by atomic mass is 79.9. The highest BCUT2D eigenvalue weighted by molar-refractivity contribution is 9.09. The molecule has 0 saturated carbocycles. The van der Waals surface area contributed by atoms with Gasteiger partial charge in [-0.05, 0) is 31.0 Å². The third kappa shape index (κ3) is 2.15. The van der Waals surface area contributed by atoms with Crippen LogP contribution >= 0.6 is 27.5 Å². The summed E-state index contributed by atoms with van der Waals surface area (Å²) in [5.41, 5.74) is 3.66. The normalized spacial score (nSPS) is 10.1. The maximum Gasteiger partial charge on any atom is 0.142 e. The van der Waals surface area contributed by atoms with Crippen molar-refractivity contribution in [2.24, 2.45) is 0 Å². The van der Waals surface area contributed by atoms with E-state index in [0.717, 1.165) is 27.6 Å². The van der Waals surface area contributed by atoms with Crippen molar-refractivity contribution in [1.82, 2.24) is 0 Å². The third-order valence-corrected chi connectivity index (χ3v) is 2.97.